The lowest BCUT2D eigenvalue weighted by Crippen LogP contribution is -2.09. The summed E-state index contributed by atoms with van der Waals surface area (Å²) in [5, 5.41) is 0. The summed E-state index contributed by atoms with van der Waals surface area (Å²) in [5.74, 6) is 0. The second-order valence-electron chi connectivity index (χ2n) is 8.60. The van der Waals surface area contributed by atoms with Gasteiger partial charge in [0.25, 0.3) is 0 Å². The van der Waals surface area contributed by atoms with Gasteiger partial charge >= 0.3 is 0 Å². The Balaban J connectivity index is 0.00000164. The maximum atomic E-state index is 5.76. The highest BCUT2D eigenvalue weighted by Gasteiger charge is 2.11. The molecule has 0 atom stereocenters. The first-order chi connectivity index (χ1) is 18.7. The molecule has 0 aromatic heterocycles. The fraction of sp³-hybridized carbons (Fsp3) is 0.0556. The summed E-state index contributed by atoms with van der Waals surface area (Å²) in [6.07, 6.45) is 8.51. The van der Waals surface area contributed by atoms with Crippen LogP contribution in [-0.2, 0) is 0 Å². The molecule has 0 saturated carbocycles. The number of benzene rings is 5. The Kier molecular flexibility index (Phi) is 9.31. The standard InChI is InChI=1S/C34H28N2.C2H6/c35-31-23-19-29(20-24-31)17-15-27-11-13-28(14-12-27)16-18-30-21-25-34(26-22-30)36(32-7-3-1-4-8-32)33-9-5-2-6-10-33;1-2/h1-26H,35H2;1-2H3/b17-15+,18-16+;. The Morgan fingerprint density at radius 3 is 1.05 bits per heavy atom. The molecule has 5 aromatic carbocycles. The smallest absolute Gasteiger partial charge is 0.0462 e. The van der Waals surface area contributed by atoms with E-state index in [1.807, 2.05) is 50.2 Å². The van der Waals surface area contributed by atoms with Crippen molar-refractivity contribution < 1.29 is 0 Å². The third-order valence-electron chi connectivity index (χ3n) is 5.99. The van der Waals surface area contributed by atoms with Gasteiger partial charge in [-0.3, -0.25) is 0 Å². The van der Waals surface area contributed by atoms with Crippen LogP contribution in [0.5, 0.6) is 0 Å². The van der Waals surface area contributed by atoms with Crippen LogP contribution in [0.15, 0.2) is 133 Å². The van der Waals surface area contributed by atoms with Crippen molar-refractivity contribution >= 4 is 47.1 Å². The molecule has 2 heteroatoms. The molecule has 0 amide bonds. The monoisotopic (exact) mass is 494 g/mol. The van der Waals surface area contributed by atoms with E-state index in [1.54, 1.807) is 0 Å². The van der Waals surface area contributed by atoms with E-state index in [1.165, 1.54) is 5.56 Å². The minimum absolute atomic E-state index is 0.780. The first kappa shape index (κ1) is 26.2. The Labute approximate surface area is 227 Å². The summed E-state index contributed by atoms with van der Waals surface area (Å²) in [5.41, 5.74) is 14.6. The second kappa shape index (κ2) is 13.5. The van der Waals surface area contributed by atoms with Crippen LogP contribution in [0.2, 0.25) is 0 Å². The number of hydrogen-bond acceptors (Lipinski definition) is 2. The SMILES string of the molecule is CC.Nc1ccc(/C=C/c2ccc(/C=C/c3ccc(N(c4ccccc4)c4ccccc4)cc3)cc2)cc1. The minimum Gasteiger partial charge on any atom is -0.399 e. The van der Waals surface area contributed by atoms with Crippen LogP contribution in [0.1, 0.15) is 36.1 Å². The zero-order chi connectivity index (χ0) is 26.6. The van der Waals surface area contributed by atoms with Gasteiger partial charge in [-0.25, -0.2) is 0 Å². The van der Waals surface area contributed by atoms with E-state index in [2.05, 4.69) is 126 Å². The van der Waals surface area contributed by atoms with Gasteiger partial charge in [-0.2, -0.15) is 0 Å². The van der Waals surface area contributed by atoms with Gasteiger partial charge in [0.2, 0.25) is 0 Å². The van der Waals surface area contributed by atoms with Gasteiger partial charge in [-0.15, -0.1) is 0 Å². The summed E-state index contributed by atoms with van der Waals surface area (Å²) < 4.78 is 0. The first-order valence-electron chi connectivity index (χ1n) is 13.1. The zero-order valence-electron chi connectivity index (χ0n) is 22.0. The van der Waals surface area contributed by atoms with Crippen LogP contribution in [-0.4, -0.2) is 0 Å². The Hall–Kier alpha value is -4.82. The molecular weight excluding hydrogens is 460 g/mol. The van der Waals surface area contributed by atoms with Crippen LogP contribution in [0.25, 0.3) is 24.3 Å². The summed E-state index contributed by atoms with van der Waals surface area (Å²) >= 11 is 0. The third-order valence-corrected chi connectivity index (χ3v) is 5.99. The Bertz CT molecular complexity index is 1390. The molecule has 0 saturated heterocycles. The molecule has 5 aromatic rings. The molecule has 0 radical (unpaired) electrons. The second-order valence-corrected chi connectivity index (χ2v) is 8.60. The van der Waals surface area contributed by atoms with Crippen molar-refractivity contribution in [2.45, 2.75) is 13.8 Å². The molecule has 188 valence electrons. The van der Waals surface area contributed by atoms with Gasteiger partial charge in [-0.05, 0) is 70.8 Å². The highest BCUT2D eigenvalue weighted by atomic mass is 15.1. The molecule has 0 bridgehead atoms. The third kappa shape index (κ3) is 7.11. The van der Waals surface area contributed by atoms with Gasteiger partial charge in [0.05, 0.1) is 0 Å². The van der Waals surface area contributed by atoms with Crippen LogP contribution in [0.3, 0.4) is 0 Å². The summed E-state index contributed by atoms with van der Waals surface area (Å²) in [6, 6.07) is 46.0. The molecule has 5 rings (SSSR count). The normalized spacial score (nSPS) is 10.8. The first-order valence-corrected chi connectivity index (χ1v) is 13.1. The van der Waals surface area contributed by atoms with E-state index >= 15 is 0 Å². The van der Waals surface area contributed by atoms with E-state index in [-0.39, 0.29) is 0 Å². The van der Waals surface area contributed by atoms with Gasteiger partial charge < -0.3 is 10.6 Å². The number of rotatable bonds is 7. The van der Waals surface area contributed by atoms with E-state index in [0.29, 0.717) is 0 Å². The number of anilines is 4. The van der Waals surface area contributed by atoms with Crippen molar-refractivity contribution in [2.75, 3.05) is 10.6 Å². The molecule has 0 unspecified atom stereocenters. The van der Waals surface area contributed by atoms with Gasteiger partial charge in [0, 0.05) is 22.7 Å². The summed E-state index contributed by atoms with van der Waals surface area (Å²) in [7, 11) is 0. The number of nitrogen functional groups attached to an aromatic ring is 1. The molecule has 0 fully saturated rings. The Morgan fingerprint density at radius 2 is 0.684 bits per heavy atom. The fourth-order valence-electron chi connectivity index (χ4n) is 4.05. The van der Waals surface area contributed by atoms with Gasteiger partial charge in [-0.1, -0.05) is 123 Å². The quantitative estimate of drug-likeness (QED) is 0.180. The van der Waals surface area contributed by atoms with Crippen molar-refractivity contribution in [3.05, 3.63) is 156 Å². The molecule has 0 aliphatic heterocycles. The van der Waals surface area contributed by atoms with E-state index < -0.39 is 0 Å². The molecule has 2 nitrogen and oxygen atoms in total. The summed E-state index contributed by atoms with van der Waals surface area (Å²) in [4.78, 5) is 2.27. The average Bonchev–Trinajstić information content (AvgIpc) is 2.99. The van der Waals surface area contributed by atoms with Crippen molar-refractivity contribution in [1.82, 2.24) is 0 Å². The van der Waals surface area contributed by atoms with Crippen LogP contribution >= 0.6 is 0 Å². The molecule has 0 aliphatic rings. The molecule has 0 aliphatic carbocycles. The van der Waals surface area contributed by atoms with Crippen molar-refractivity contribution in [3.63, 3.8) is 0 Å². The number of nitrogens with zero attached hydrogens (tertiary/aromatic N) is 1. The highest BCUT2D eigenvalue weighted by Crippen LogP contribution is 2.34. The maximum Gasteiger partial charge on any atom is 0.0462 e. The van der Waals surface area contributed by atoms with Gasteiger partial charge in [0.1, 0.15) is 0 Å². The molecule has 0 spiro atoms. The van der Waals surface area contributed by atoms with Crippen LogP contribution in [0, 0.1) is 0 Å². The van der Waals surface area contributed by atoms with E-state index in [0.717, 1.165) is 39.4 Å². The lowest BCUT2D eigenvalue weighted by atomic mass is 10.1. The molecule has 38 heavy (non-hydrogen) atoms. The zero-order valence-corrected chi connectivity index (χ0v) is 22.0. The van der Waals surface area contributed by atoms with Gasteiger partial charge in [0.15, 0.2) is 0 Å². The average molecular weight is 495 g/mol. The lowest BCUT2D eigenvalue weighted by Gasteiger charge is -2.25. The number of para-hydroxylation sites is 2. The van der Waals surface area contributed by atoms with Crippen molar-refractivity contribution in [3.8, 4) is 0 Å². The molecule has 0 heterocycles. The number of hydrogen-bond donors (Lipinski definition) is 1. The molecule has 2 N–H and O–H groups in total. The van der Waals surface area contributed by atoms with E-state index in [4.69, 9.17) is 5.73 Å². The minimum atomic E-state index is 0.780. The van der Waals surface area contributed by atoms with Crippen molar-refractivity contribution in [1.29, 1.82) is 0 Å². The Morgan fingerprint density at radius 1 is 0.395 bits per heavy atom. The largest absolute Gasteiger partial charge is 0.399 e. The highest BCUT2D eigenvalue weighted by molar-refractivity contribution is 5.78. The van der Waals surface area contributed by atoms with Crippen LogP contribution < -0.4 is 10.6 Å². The lowest BCUT2D eigenvalue weighted by molar-refractivity contribution is 1.28. The predicted octanol–water partition coefficient (Wildman–Crippen LogP) is 10.1. The number of nitrogens with two attached hydrogens (primary N) is 1. The molecular formula is C36H34N2. The fourth-order valence-corrected chi connectivity index (χ4v) is 4.05. The van der Waals surface area contributed by atoms with Crippen molar-refractivity contribution in [2.24, 2.45) is 0 Å². The van der Waals surface area contributed by atoms with E-state index in [9.17, 15) is 0 Å². The summed E-state index contributed by atoms with van der Waals surface area (Å²) in [6.45, 7) is 4.00. The maximum absolute atomic E-state index is 5.76. The topological polar surface area (TPSA) is 29.3 Å². The van der Waals surface area contributed by atoms with Crippen LogP contribution in [0.4, 0.5) is 22.7 Å². The predicted molar refractivity (Wildman–Crippen MR) is 168 cm³/mol.